The van der Waals surface area contributed by atoms with Gasteiger partial charge in [0.25, 0.3) is 0 Å². The summed E-state index contributed by atoms with van der Waals surface area (Å²) < 4.78 is 33.1. The van der Waals surface area contributed by atoms with E-state index in [4.69, 9.17) is 24.3 Å². The highest BCUT2D eigenvalue weighted by Gasteiger charge is 2.26. The highest BCUT2D eigenvalue weighted by atomic mass is 31.2. The van der Waals surface area contributed by atoms with Gasteiger partial charge in [-0.1, -0.05) is 272 Å². The average molecular weight is 1100 g/mol. The lowest BCUT2D eigenvalue weighted by Crippen LogP contribution is -2.29. The van der Waals surface area contributed by atoms with Crippen molar-refractivity contribution < 1.29 is 37.6 Å². The number of carbonyl (C=O) groups excluding carboxylic acids is 2. The molecule has 9 nitrogen and oxygen atoms in total. The predicted molar refractivity (Wildman–Crippen MR) is 330 cm³/mol. The molecule has 0 saturated heterocycles. The van der Waals surface area contributed by atoms with Crippen molar-refractivity contribution in [2.24, 2.45) is 5.73 Å². The second-order valence-electron chi connectivity index (χ2n) is 20.9. The maximum absolute atomic E-state index is 12.7. The highest BCUT2D eigenvalue weighted by Crippen LogP contribution is 2.43. The van der Waals surface area contributed by atoms with Crippen molar-refractivity contribution in [3.05, 3.63) is 97.2 Å². The summed E-state index contributed by atoms with van der Waals surface area (Å²) in [5.74, 6) is -0.846. The second-order valence-corrected chi connectivity index (χ2v) is 22.3. The van der Waals surface area contributed by atoms with E-state index in [9.17, 15) is 19.0 Å². The Morgan fingerprint density at radius 2 is 0.714 bits per heavy atom. The van der Waals surface area contributed by atoms with Crippen molar-refractivity contribution in [1.29, 1.82) is 0 Å². The van der Waals surface area contributed by atoms with Crippen LogP contribution in [0.25, 0.3) is 0 Å². The molecule has 2 unspecified atom stereocenters. The van der Waals surface area contributed by atoms with Gasteiger partial charge < -0.3 is 20.1 Å². The van der Waals surface area contributed by atoms with Gasteiger partial charge >= 0.3 is 19.8 Å². The van der Waals surface area contributed by atoms with Crippen LogP contribution in [0.1, 0.15) is 284 Å². The molecule has 0 saturated carbocycles. The molecule has 444 valence electrons. The number of esters is 2. The lowest BCUT2D eigenvalue weighted by molar-refractivity contribution is -0.161. The molecule has 3 N–H and O–H groups in total. The van der Waals surface area contributed by atoms with Crippen LogP contribution < -0.4 is 5.73 Å². The fourth-order valence-corrected chi connectivity index (χ4v) is 9.55. The topological polar surface area (TPSA) is 134 Å². The van der Waals surface area contributed by atoms with E-state index in [2.05, 4.69) is 111 Å². The summed E-state index contributed by atoms with van der Waals surface area (Å²) in [7, 11) is -4.40. The van der Waals surface area contributed by atoms with E-state index < -0.39 is 26.5 Å². The molecule has 0 aromatic carbocycles. The number of carbonyl (C=O) groups is 2. The Morgan fingerprint density at radius 3 is 1.08 bits per heavy atom. The number of unbranched alkanes of at least 4 members (excludes halogenated alkanes) is 30. The van der Waals surface area contributed by atoms with E-state index >= 15 is 0 Å². The first-order valence-corrected chi connectivity index (χ1v) is 33.2. The Balaban J connectivity index is 3.98. The molecule has 0 aromatic rings. The minimum absolute atomic E-state index is 0.0460. The maximum Gasteiger partial charge on any atom is 0.472 e. The van der Waals surface area contributed by atoms with E-state index in [1.54, 1.807) is 0 Å². The monoisotopic (exact) mass is 1100 g/mol. The van der Waals surface area contributed by atoms with Gasteiger partial charge in [-0.15, -0.1) is 0 Å². The van der Waals surface area contributed by atoms with Gasteiger partial charge in [-0.3, -0.25) is 18.6 Å². The van der Waals surface area contributed by atoms with Crippen molar-refractivity contribution >= 4 is 19.8 Å². The van der Waals surface area contributed by atoms with Gasteiger partial charge in [0, 0.05) is 19.4 Å². The van der Waals surface area contributed by atoms with Crippen LogP contribution in [-0.4, -0.2) is 49.3 Å². The van der Waals surface area contributed by atoms with Crippen LogP contribution in [0, 0.1) is 0 Å². The minimum Gasteiger partial charge on any atom is -0.462 e. The summed E-state index contributed by atoms with van der Waals surface area (Å²) >= 11 is 0. The van der Waals surface area contributed by atoms with Crippen molar-refractivity contribution in [2.75, 3.05) is 26.4 Å². The molecule has 0 aliphatic heterocycles. The molecule has 0 fully saturated rings. The number of allylic oxidation sites excluding steroid dienone is 16. The summed E-state index contributed by atoms with van der Waals surface area (Å²) in [6.45, 7) is 3.63. The van der Waals surface area contributed by atoms with Crippen LogP contribution in [0.15, 0.2) is 97.2 Å². The van der Waals surface area contributed by atoms with Gasteiger partial charge in [0.1, 0.15) is 6.61 Å². The molecule has 10 heteroatoms. The van der Waals surface area contributed by atoms with Gasteiger partial charge in [-0.2, -0.15) is 0 Å². The standard InChI is InChI=1S/C67H118NO8P/c1-3-5-7-9-11-13-15-17-19-21-23-25-27-29-31-32-34-35-37-39-41-43-45-47-49-51-53-55-57-59-66(69)73-63-65(64-75-77(71,72)74-62-61-68)76-67(70)60-58-56-54-52-50-48-46-44-42-40-38-36-33-30-28-26-24-22-20-18-16-14-12-10-8-6-4-2/h6,8,12,14,18,20-21,23-24,26,30,33,38,40,44,46,65H,3-5,7,9-11,13,15-17,19,22,25,27-29,31-32,34-37,39,41-43,45,47-64,68H2,1-2H3,(H,71,72)/b8-6-,14-12-,20-18-,23-21-,26-24-,33-30-,40-38-,46-44-. The zero-order valence-corrected chi connectivity index (χ0v) is 50.6. The number of ether oxygens (including phenoxy) is 2. The minimum atomic E-state index is -4.40. The van der Waals surface area contributed by atoms with Gasteiger partial charge in [-0.25, -0.2) is 4.57 Å². The Kier molecular flexibility index (Phi) is 59.7. The summed E-state index contributed by atoms with van der Waals surface area (Å²) in [4.78, 5) is 35.3. The number of rotatable bonds is 59. The average Bonchev–Trinajstić information content (AvgIpc) is 3.42. The molecule has 0 amide bonds. The third-order valence-electron chi connectivity index (χ3n) is 13.5. The maximum atomic E-state index is 12.7. The van der Waals surface area contributed by atoms with Gasteiger partial charge in [0.2, 0.25) is 0 Å². The third kappa shape index (κ3) is 62.0. The molecule has 77 heavy (non-hydrogen) atoms. The van der Waals surface area contributed by atoms with E-state index in [-0.39, 0.29) is 38.6 Å². The molecule has 0 heterocycles. The number of nitrogens with two attached hydrogens (primary N) is 1. The summed E-state index contributed by atoms with van der Waals surface area (Å²) in [5, 5.41) is 0. The Hall–Kier alpha value is -3.07. The van der Waals surface area contributed by atoms with Crippen LogP contribution in [0.4, 0.5) is 0 Å². The fraction of sp³-hybridized carbons (Fsp3) is 0.731. The molecule has 0 rings (SSSR count). The Labute approximate surface area is 474 Å². The molecule has 0 radical (unpaired) electrons. The van der Waals surface area contributed by atoms with Crippen LogP contribution in [0.3, 0.4) is 0 Å². The fourth-order valence-electron chi connectivity index (χ4n) is 8.79. The van der Waals surface area contributed by atoms with Crippen molar-refractivity contribution in [3.8, 4) is 0 Å². The first-order chi connectivity index (χ1) is 37.8. The molecule has 0 bridgehead atoms. The lowest BCUT2D eigenvalue weighted by Gasteiger charge is -2.19. The van der Waals surface area contributed by atoms with Crippen LogP contribution >= 0.6 is 7.82 Å². The number of hydrogen-bond acceptors (Lipinski definition) is 8. The van der Waals surface area contributed by atoms with Crippen molar-refractivity contribution in [1.82, 2.24) is 0 Å². The highest BCUT2D eigenvalue weighted by molar-refractivity contribution is 7.47. The normalized spacial score (nSPS) is 13.7. The zero-order chi connectivity index (χ0) is 55.9. The van der Waals surface area contributed by atoms with E-state index in [0.717, 1.165) is 96.3 Å². The van der Waals surface area contributed by atoms with Gasteiger partial charge in [-0.05, 0) is 96.3 Å². The largest absolute Gasteiger partial charge is 0.472 e. The molecule has 0 spiro atoms. The van der Waals surface area contributed by atoms with Crippen LogP contribution in [-0.2, 0) is 32.7 Å². The predicted octanol–water partition coefficient (Wildman–Crippen LogP) is 20.4. The quantitative estimate of drug-likeness (QED) is 0.0264. The molecule has 0 aromatic heterocycles. The van der Waals surface area contributed by atoms with Gasteiger partial charge in [0.15, 0.2) is 6.10 Å². The lowest BCUT2D eigenvalue weighted by atomic mass is 10.0. The van der Waals surface area contributed by atoms with Gasteiger partial charge in [0.05, 0.1) is 13.2 Å². The van der Waals surface area contributed by atoms with Crippen molar-refractivity contribution in [3.63, 3.8) is 0 Å². The van der Waals surface area contributed by atoms with E-state index in [0.29, 0.717) is 6.42 Å². The van der Waals surface area contributed by atoms with Crippen molar-refractivity contribution in [2.45, 2.75) is 290 Å². The number of hydrogen-bond donors (Lipinski definition) is 2. The number of phosphoric acid groups is 1. The number of phosphoric ester groups is 1. The molecule has 0 aliphatic carbocycles. The molecular weight excluding hydrogens is 978 g/mol. The molecular formula is C67H118NO8P. The summed E-state index contributed by atoms with van der Waals surface area (Å²) in [6.07, 6.45) is 83.3. The Morgan fingerprint density at radius 1 is 0.403 bits per heavy atom. The van der Waals surface area contributed by atoms with E-state index in [1.807, 2.05) is 0 Å². The van der Waals surface area contributed by atoms with E-state index in [1.165, 1.54) is 154 Å². The Bertz CT molecular complexity index is 1580. The molecule has 0 aliphatic rings. The zero-order valence-electron chi connectivity index (χ0n) is 49.7. The molecule has 2 atom stereocenters. The summed E-state index contributed by atoms with van der Waals surface area (Å²) in [5.41, 5.74) is 5.39. The van der Waals surface area contributed by atoms with Crippen LogP contribution in [0.5, 0.6) is 0 Å². The second kappa shape index (κ2) is 62.1. The first-order valence-electron chi connectivity index (χ1n) is 31.7. The SMILES string of the molecule is CC/C=C\C/C=C\C/C=C\C/C=C\C/C=C\C/C=C\C/C=C\CCCCCCCC(=O)OC(COC(=O)CCCCCCCCCCCCCCCCCCC/C=C\CCCCCCCCCC)COP(=O)(O)OCCN. The summed E-state index contributed by atoms with van der Waals surface area (Å²) in [6, 6.07) is 0. The third-order valence-corrected chi connectivity index (χ3v) is 14.4. The first kappa shape index (κ1) is 73.9. The van der Waals surface area contributed by atoms with Crippen LogP contribution in [0.2, 0.25) is 0 Å². The smallest absolute Gasteiger partial charge is 0.462 e.